The van der Waals surface area contributed by atoms with Crippen LogP contribution in [0, 0.1) is 55.4 Å². The predicted molar refractivity (Wildman–Crippen MR) is 101 cm³/mol. The van der Waals surface area contributed by atoms with Crippen LogP contribution in [0.25, 0.3) is 0 Å². The number of halogens is 2. The van der Waals surface area contributed by atoms with Crippen LogP contribution in [-0.2, 0) is 26.2 Å². The largest absolute Gasteiger partial charge is 4.00 e. The van der Waals surface area contributed by atoms with Gasteiger partial charge in [0.1, 0.15) is 0 Å². The van der Waals surface area contributed by atoms with Crippen LogP contribution in [0.1, 0.15) is 44.5 Å². The van der Waals surface area contributed by atoms with Crippen molar-refractivity contribution in [3.05, 3.63) is 56.6 Å². The van der Waals surface area contributed by atoms with Crippen LogP contribution in [0.5, 0.6) is 0 Å². The summed E-state index contributed by atoms with van der Waals surface area (Å²) in [6.45, 7) is 21.8. The maximum absolute atomic E-state index is 2.24. The molecule has 0 nitrogen and oxygen atoms in total. The summed E-state index contributed by atoms with van der Waals surface area (Å²) in [5.41, 5.74) is 11.5. The van der Waals surface area contributed by atoms with Gasteiger partial charge in [0.05, 0.1) is 0 Å². The minimum Gasteiger partial charge on any atom is -1.00 e. The molecule has 0 amide bonds. The van der Waals surface area contributed by atoms with Crippen molar-refractivity contribution in [3.8, 4) is 0 Å². The van der Waals surface area contributed by atoms with Gasteiger partial charge in [0.2, 0.25) is 0 Å². The van der Waals surface area contributed by atoms with Crippen LogP contribution >= 0.6 is 0 Å². The summed E-state index contributed by atoms with van der Waals surface area (Å²) < 4.78 is 0. The van der Waals surface area contributed by atoms with E-state index in [2.05, 4.69) is 80.6 Å². The molecule has 4 heteroatoms. The van der Waals surface area contributed by atoms with E-state index in [1.165, 1.54) is 44.5 Å². The number of aryl methyl sites for hydroxylation is 4. The molecule has 0 saturated heterocycles. The van der Waals surface area contributed by atoms with E-state index in [4.69, 9.17) is 0 Å². The Morgan fingerprint density at radius 3 is 0.917 bits per heavy atom. The normalized spacial score (nSPS) is 8.42. The second-order valence-electron chi connectivity index (χ2n) is 6.10. The maximum Gasteiger partial charge on any atom is 4.00 e. The molecule has 0 aliphatic carbocycles. The van der Waals surface area contributed by atoms with E-state index in [0.717, 1.165) is 9.52 Å². The summed E-state index contributed by atoms with van der Waals surface area (Å²) in [6.07, 6.45) is 0. The Bertz CT molecular complexity index is 473. The van der Waals surface area contributed by atoms with E-state index in [9.17, 15) is 0 Å². The van der Waals surface area contributed by atoms with Gasteiger partial charge < -0.3 is 34.0 Å². The minimum absolute atomic E-state index is 0. The molecule has 0 N–H and O–H groups in total. The Kier molecular flexibility index (Phi) is 21.6. The van der Waals surface area contributed by atoms with Crippen LogP contribution in [0.15, 0.2) is 12.1 Å². The Balaban J connectivity index is -0.000000130. The molecule has 135 valence electrons. The molecule has 0 bridgehead atoms. The van der Waals surface area contributed by atoms with Crippen molar-refractivity contribution in [2.24, 2.45) is 0 Å². The molecule has 0 unspecified atom stereocenters. The third-order valence-electron chi connectivity index (χ3n) is 4.36. The van der Waals surface area contributed by atoms with Gasteiger partial charge in [-0.2, -0.15) is 56.6 Å². The summed E-state index contributed by atoms with van der Waals surface area (Å²) in [6, 6.07) is 4.48. The van der Waals surface area contributed by atoms with Gasteiger partial charge in [-0.05, 0) is 0 Å². The van der Waals surface area contributed by atoms with E-state index in [-0.39, 0.29) is 60.2 Å². The Morgan fingerprint density at radius 2 is 0.875 bits per heavy atom. The summed E-state index contributed by atoms with van der Waals surface area (Å²) in [5, 5.41) is 0. The van der Waals surface area contributed by atoms with Crippen molar-refractivity contribution in [2.75, 3.05) is 0 Å². The summed E-state index contributed by atoms with van der Waals surface area (Å²) >= 11 is 0. The van der Waals surface area contributed by atoms with Crippen LogP contribution in [0.2, 0.25) is 13.1 Å². The van der Waals surface area contributed by atoms with E-state index < -0.39 is 0 Å². The molecule has 0 aliphatic rings. The molecule has 0 heterocycles. The van der Waals surface area contributed by atoms with Gasteiger partial charge in [0.25, 0.3) is 0 Å². The number of hydrogen-bond donors (Lipinski definition) is 0. The molecule has 2 aromatic carbocycles. The van der Waals surface area contributed by atoms with Crippen molar-refractivity contribution in [2.45, 2.75) is 68.5 Å². The molecular formula is C20H33Br2SiZr. The van der Waals surface area contributed by atoms with Gasteiger partial charge in [0, 0.05) is 9.52 Å². The quantitative estimate of drug-likeness (QED) is 0.314. The first-order valence-electron chi connectivity index (χ1n) is 7.81. The van der Waals surface area contributed by atoms with Crippen molar-refractivity contribution >= 4 is 9.52 Å². The first-order chi connectivity index (χ1) is 9.67. The smallest absolute Gasteiger partial charge is 1.00 e. The monoisotopic (exact) mass is 549 g/mol. The minimum atomic E-state index is 0. The van der Waals surface area contributed by atoms with Crippen molar-refractivity contribution in [1.29, 1.82) is 0 Å². The van der Waals surface area contributed by atoms with Crippen molar-refractivity contribution in [1.82, 2.24) is 0 Å². The summed E-state index contributed by atoms with van der Waals surface area (Å²) in [5.74, 6) is 0. The molecule has 0 spiro atoms. The third-order valence-corrected chi connectivity index (χ3v) is 4.36. The molecule has 2 rings (SSSR count). The molecule has 0 aliphatic heterocycles. The Morgan fingerprint density at radius 1 is 0.667 bits per heavy atom. The molecule has 0 aromatic heterocycles. The van der Waals surface area contributed by atoms with Gasteiger partial charge in [0.15, 0.2) is 0 Å². The number of hydrogen-bond acceptors (Lipinski definition) is 0. The zero-order valence-corrected chi connectivity index (χ0v) is 23.8. The van der Waals surface area contributed by atoms with E-state index in [1.807, 2.05) is 0 Å². The fourth-order valence-corrected chi connectivity index (χ4v) is 2.27. The van der Waals surface area contributed by atoms with Crippen molar-refractivity contribution in [3.63, 3.8) is 0 Å². The average molecular weight is 553 g/mol. The van der Waals surface area contributed by atoms with Gasteiger partial charge in [-0.3, -0.25) is 0 Å². The predicted octanol–water partition coefficient (Wildman–Crippen LogP) is -0.197. The Hall–Kier alpha value is 0.760. The van der Waals surface area contributed by atoms with Gasteiger partial charge >= 0.3 is 26.2 Å². The van der Waals surface area contributed by atoms with Crippen LogP contribution < -0.4 is 34.0 Å². The number of rotatable bonds is 0. The van der Waals surface area contributed by atoms with Gasteiger partial charge in [-0.25, -0.2) is 0 Å². The SMILES string of the molecule is C[SiH]C.Cc1c[c-](C)c(C)c1C.Cc1c[c-](C)c(C)c1C.[Br-].[Br-].[Zr+4]. The molecule has 24 heavy (non-hydrogen) atoms. The zero-order valence-electron chi connectivity index (χ0n) is 17.0. The van der Waals surface area contributed by atoms with Gasteiger partial charge in [-0.1, -0.05) is 68.5 Å². The summed E-state index contributed by atoms with van der Waals surface area (Å²) in [7, 11) is 0.750. The molecule has 0 saturated carbocycles. The van der Waals surface area contributed by atoms with Crippen LogP contribution in [0.4, 0.5) is 0 Å². The molecular weight excluding hydrogens is 519 g/mol. The standard InChI is InChI=1S/2C9H13.C2H7Si.2BrH.Zr/c2*1-6-5-7(2)9(4)8(6)3;1-3-2;;;/h2*5H,1-4H3;3H,1-2H3;2*1H;/q2*-1;;;;+4/p-2. The van der Waals surface area contributed by atoms with E-state index in [0.29, 0.717) is 0 Å². The molecule has 1 radical (unpaired) electrons. The fraction of sp³-hybridized carbons (Fsp3) is 0.500. The summed E-state index contributed by atoms with van der Waals surface area (Å²) in [4.78, 5) is 0. The third kappa shape index (κ3) is 10.0. The molecule has 0 fully saturated rings. The first-order valence-corrected chi connectivity index (χ1v) is 10.1. The fourth-order valence-electron chi connectivity index (χ4n) is 2.27. The topological polar surface area (TPSA) is 0 Å². The zero-order chi connectivity index (χ0) is 16.7. The average Bonchev–Trinajstić information content (AvgIpc) is 2.77. The van der Waals surface area contributed by atoms with Crippen LogP contribution in [0.3, 0.4) is 0 Å². The Labute approximate surface area is 193 Å². The molecule has 2 aromatic rings. The van der Waals surface area contributed by atoms with Crippen molar-refractivity contribution < 1.29 is 60.2 Å². The first kappa shape index (κ1) is 32.4. The van der Waals surface area contributed by atoms with E-state index in [1.54, 1.807) is 0 Å². The maximum atomic E-state index is 2.24. The van der Waals surface area contributed by atoms with Gasteiger partial charge in [-0.15, -0.1) is 0 Å². The molecule has 0 atom stereocenters. The second-order valence-corrected chi connectivity index (χ2v) is 7.25. The second kappa shape index (κ2) is 16.0. The van der Waals surface area contributed by atoms with Crippen LogP contribution in [-0.4, -0.2) is 9.52 Å². The van der Waals surface area contributed by atoms with E-state index >= 15 is 0 Å².